The molecule has 2 atom stereocenters. The number of hydrazine groups is 1. The Morgan fingerprint density at radius 1 is 1.03 bits per heavy atom. The van der Waals surface area contributed by atoms with Gasteiger partial charge in [-0.1, -0.05) is 24.3 Å². The quantitative estimate of drug-likeness (QED) is 0.383. The van der Waals surface area contributed by atoms with E-state index in [9.17, 15) is 9.59 Å². The molecule has 0 amide bonds. The average molecular weight is 451 g/mol. The lowest BCUT2D eigenvalue weighted by Crippen LogP contribution is -2.42. The molecule has 33 heavy (non-hydrogen) atoms. The van der Waals surface area contributed by atoms with Crippen LogP contribution in [0.5, 0.6) is 0 Å². The molecule has 170 valence electrons. The molecule has 1 aromatic carbocycles. The Morgan fingerprint density at radius 2 is 1.85 bits per heavy atom. The Balaban J connectivity index is 1.58. The van der Waals surface area contributed by atoms with E-state index in [1.165, 1.54) is 17.3 Å². The van der Waals surface area contributed by atoms with Gasteiger partial charge in [0.2, 0.25) is 0 Å². The minimum absolute atomic E-state index is 0.193. The van der Waals surface area contributed by atoms with Crippen LogP contribution in [0, 0.1) is 0 Å². The Bertz CT molecular complexity index is 1430. The molecule has 0 spiro atoms. The fraction of sp³-hybridized carbons (Fsp3) is 0.444. The van der Waals surface area contributed by atoms with E-state index >= 15 is 0 Å². The molecule has 15 nitrogen and oxygen atoms in total. The molecular formula is C18H21N13O2. The van der Waals surface area contributed by atoms with E-state index < -0.39 is 6.17 Å². The van der Waals surface area contributed by atoms with Gasteiger partial charge in [-0.15, -0.1) is 10.2 Å². The van der Waals surface area contributed by atoms with E-state index in [0.29, 0.717) is 47.9 Å². The van der Waals surface area contributed by atoms with E-state index in [0.717, 1.165) is 0 Å². The van der Waals surface area contributed by atoms with Gasteiger partial charge in [-0.25, -0.2) is 15.2 Å². The molecule has 0 fully saturated rings. The number of fused-ring (bicyclic) bond motifs is 2. The summed E-state index contributed by atoms with van der Waals surface area (Å²) in [5.74, 6) is 0. The molecule has 3 aromatic heterocycles. The Hall–Kier alpha value is -4.14. The van der Waals surface area contributed by atoms with Crippen molar-refractivity contribution >= 4 is 21.8 Å². The highest BCUT2D eigenvalue weighted by Gasteiger charge is 2.24. The van der Waals surface area contributed by atoms with E-state index in [2.05, 4.69) is 46.7 Å². The molecule has 0 unspecified atom stereocenters. The van der Waals surface area contributed by atoms with Crippen molar-refractivity contribution in [3.05, 3.63) is 45.5 Å². The van der Waals surface area contributed by atoms with Crippen LogP contribution in [0.3, 0.4) is 0 Å². The highest BCUT2D eigenvalue weighted by molar-refractivity contribution is 5.93. The first-order valence-electron chi connectivity index (χ1n) is 10.5. The van der Waals surface area contributed by atoms with Crippen molar-refractivity contribution in [2.75, 3.05) is 6.67 Å². The Kier molecular flexibility index (Phi) is 5.29. The van der Waals surface area contributed by atoms with Gasteiger partial charge >= 0.3 is 0 Å². The van der Waals surface area contributed by atoms with Gasteiger partial charge in [0.15, 0.2) is 0 Å². The molecule has 4 heterocycles. The van der Waals surface area contributed by atoms with E-state index in [1.54, 1.807) is 26.4 Å². The fourth-order valence-corrected chi connectivity index (χ4v) is 3.94. The maximum absolute atomic E-state index is 13.3. The SMILES string of the molecule is CC[C@H](Cn1cnnn1)n1cnc2cc3c(=O)n([C@H](CC)N4CN=NN4)nnc3cc2c1=O. The highest BCUT2D eigenvalue weighted by Crippen LogP contribution is 2.19. The summed E-state index contributed by atoms with van der Waals surface area (Å²) in [5, 5.41) is 29.5. The fourth-order valence-electron chi connectivity index (χ4n) is 3.94. The summed E-state index contributed by atoms with van der Waals surface area (Å²) in [7, 11) is 0. The second-order valence-electron chi connectivity index (χ2n) is 7.62. The lowest BCUT2D eigenvalue weighted by Gasteiger charge is -2.24. The summed E-state index contributed by atoms with van der Waals surface area (Å²) in [5.41, 5.74) is 2.92. The number of nitrogens with one attached hydrogen (secondary N) is 1. The first-order chi connectivity index (χ1) is 16.1. The van der Waals surface area contributed by atoms with Crippen LogP contribution in [0.2, 0.25) is 0 Å². The number of tetrazole rings is 1. The first kappa shape index (κ1) is 20.7. The van der Waals surface area contributed by atoms with Gasteiger partial charge in [0, 0.05) is 0 Å². The molecule has 1 aliphatic rings. The lowest BCUT2D eigenvalue weighted by molar-refractivity contribution is 0.0869. The standard InChI is InChI=1S/C18H21N13O2/c1-3-11(7-28-9-20-23-26-28)29-8-19-14-5-13-15(6-12(14)17(29)32)22-25-31(18(13)33)16(4-2)30-10-21-24-27-30/h5-6,8-9,11,16H,3-4,7,10H2,1-2H3,(H,21,27)/t11-,16-/m1/s1. The minimum Gasteiger partial charge on any atom is -0.294 e. The normalized spacial score (nSPS) is 15.8. The summed E-state index contributed by atoms with van der Waals surface area (Å²) < 4.78 is 4.42. The van der Waals surface area contributed by atoms with Crippen LogP contribution in [0.15, 0.2) is 44.7 Å². The molecule has 0 radical (unpaired) electrons. The predicted molar refractivity (Wildman–Crippen MR) is 115 cm³/mol. The van der Waals surface area contributed by atoms with E-state index in [1.807, 2.05) is 13.8 Å². The second kappa shape index (κ2) is 8.42. The van der Waals surface area contributed by atoms with E-state index in [-0.39, 0.29) is 17.2 Å². The summed E-state index contributed by atoms with van der Waals surface area (Å²) >= 11 is 0. The van der Waals surface area contributed by atoms with Gasteiger partial charge in [0.1, 0.15) is 24.7 Å². The van der Waals surface area contributed by atoms with Gasteiger partial charge < -0.3 is 0 Å². The minimum atomic E-state index is -0.419. The van der Waals surface area contributed by atoms with Crippen LogP contribution >= 0.6 is 0 Å². The van der Waals surface area contributed by atoms with Crippen molar-refractivity contribution in [2.45, 2.75) is 45.4 Å². The molecule has 1 aliphatic heterocycles. The molecule has 0 saturated carbocycles. The van der Waals surface area contributed by atoms with Gasteiger partial charge in [0.25, 0.3) is 11.1 Å². The third-order valence-electron chi connectivity index (χ3n) is 5.71. The molecule has 0 aliphatic carbocycles. The van der Waals surface area contributed by atoms with Crippen LogP contribution in [0.1, 0.15) is 38.9 Å². The first-order valence-corrected chi connectivity index (χ1v) is 10.5. The smallest absolute Gasteiger partial charge is 0.279 e. The summed E-state index contributed by atoms with van der Waals surface area (Å²) in [4.78, 5) is 31.0. The van der Waals surface area contributed by atoms with E-state index in [4.69, 9.17) is 0 Å². The zero-order valence-corrected chi connectivity index (χ0v) is 18.0. The second-order valence-corrected chi connectivity index (χ2v) is 7.62. The Labute approximate surface area is 185 Å². The van der Waals surface area contributed by atoms with Gasteiger partial charge in [-0.2, -0.15) is 14.8 Å². The molecular weight excluding hydrogens is 430 g/mol. The summed E-state index contributed by atoms with van der Waals surface area (Å²) in [6, 6.07) is 2.96. The van der Waals surface area contributed by atoms with Gasteiger partial charge in [-0.05, 0) is 35.4 Å². The number of rotatable bonds is 7. The van der Waals surface area contributed by atoms with Crippen molar-refractivity contribution in [3.8, 4) is 0 Å². The number of hydrogen-bond donors (Lipinski definition) is 1. The van der Waals surface area contributed by atoms with Crippen molar-refractivity contribution in [3.63, 3.8) is 0 Å². The van der Waals surface area contributed by atoms with Crippen molar-refractivity contribution in [1.29, 1.82) is 0 Å². The number of nitrogens with zero attached hydrogens (tertiary/aromatic N) is 12. The maximum Gasteiger partial charge on any atom is 0.279 e. The van der Waals surface area contributed by atoms with Crippen LogP contribution in [-0.2, 0) is 6.54 Å². The number of benzene rings is 1. The van der Waals surface area contributed by atoms with Crippen LogP contribution < -0.4 is 16.7 Å². The number of aromatic nitrogens is 9. The summed E-state index contributed by atoms with van der Waals surface area (Å²) in [6.45, 7) is 4.62. The van der Waals surface area contributed by atoms with Crippen molar-refractivity contribution < 1.29 is 0 Å². The molecule has 5 rings (SSSR count). The van der Waals surface area contributed by atoms with Crippen molar-refractivity contribution in [1.82, 2.24) is 55.3 Å². The zero-order chi connectivity index (χ0) is 22.9. The van der Waals surface area contributed by atoms with Crippen LogP contribution in [0.4, 0.5) is 0 Å². The van der Waals surface area contributed by atoms with Gasteiger partial charge in [-0.3, -0.25) is 14.2 Å². The maximum atomic E-state index is 13.3. The Morgan fingerprint density at radius 3 is 2.55 bits per heavy atom. The molecule has 4 aromatic rings. The molecule has 1 N–H and O–H groups in total. The van der Waals surface area contributed by atoms with Crippen LogP contribution in [0.25, 0.3) is 21.8 Å². The summed E-state index contributed by atoms with van der Waals surface area (Å²) in [6.07, 6.45) is 3.83. The zero-order valence-electron chi connectivity index (χ0n) is 18.0. The highest BCUT2D eigenvalue weighted by atomic mass is 16.1. The third-order valence-corrected chi connectivity index (χ3v) is 5.71. The average Bonchev–Trinajstić information content (AvgIpc) is 3.54. The number of hydrogen-bond acceptors (Lipinski definition) is 12. The lowest BCUT2D eigenvalue weighted by atomic mass is 10.1. The van der Waals surface area contributed by atoms with Crippen LogP contribution in [-0.4, -0.2) is 56.4 Å². The molecule has 15 heteroatoms. The van der Waals surface area contributed by atoms with Gasteiger partial charge in [0.05, 0.1) is 35.2 Å². The predicted octanol–water partition coefficient (Wildman–Crippen LogP) is 0.193. The topological polar surface area (TPSA) is 166 Å². The molecule has 0 bridgehead atoms. The monoisotopic (exact) mass is 451 g/mol. The van der Waals surface area contributed by atoms with Crippen molar-refractivity contribution in [2.24, 2.45) is 10.3 Å². The molecule has 0 saturated heterocycles. The largest absolute Gasteiger partial charge is 0.294 e. The third kappa shape index (κ3) is 3.61.